The van der Waals surface area contributed by atoms with Gasteiger partial charge in [-0.2, -0.15) is 5.26 Å². The average Bonchev–Trinajstić information content (AvgIpc) is 3.18. The Morgan fingerprint density at radius 2 is 1.86 bits per heavy atom. The first kappa shape index (κ1) is 19.9. The lowest BCUT2D eigenvalue weighted by molar-refractivity contribution is 1.36. The van der Waals surface area contributed by atoms with Gasteiger partial charge in [-0.3, -0.25) is 0 Å². The Morgan fingerprint density at radius 1 is 1.03 bits per heavy atom. The van der Waals surface area contributed by atoms with Crippen molar-refractivity contribution >= 4 is 68.7 Å². The van der Waals surface area contributed by atoms with Crippen molar-refractivity contribution in [1.82, 2.24) is 9.97 Å². The normalized spacial score (nSPS) is 11.6. The molecular formula is C22H12Cl3N3S. The molecule has 142 valence electrons. The Morgan fingerprint density at radius 3 is 2.62 bits per heavy atom. The van der Waals surface area contributed by atoms with E-state index in [-0.39, 0.29) is 0 Å². The van der Waals surface area contributed by atoms with Crippen molar-refractivity contribution in [3.63, 3.8) is 0 Å². The molecule has 0 saturated heterocycles. The zero-order chi connectivity index (χ0) is 20.5. The van der Waals surface area contributed by atoms with Crippen molar-refractivity contribution in [2.45, 2.75) is 6.92 Å². The van der Waals surface area contributed by atoms with Crippen LogP contribution in [0.15, 0.2) is 47.8 Å². The number of thiazole rings is 1. The molecule has 0 bridgehead atoms. The number of hydrogen-bond acceptors (Lipinski definition) is 4. The largest absolute Gasteiger partial charge is 0.235 e. The van der Waals surface area contributed by atoms with Crippen LogP contribution < -0.4 is 0 Å². The number of hydrogen-bond donors (Lipinski definition) is 0. The van der Waals surface area contributed by atoms with E-state index in [9.17, 15) is 5.26 Å². The molecule has 0 spiro atoms. The van der Waals surface area contributed by atoms with Crippen LogP contribution in [0.2, 0.25) is 15.2 Å². The summed E-state index contributed by atoms with van der Waals surface area (Å²) in [5, 5.41) is 14.4. The van der Waals surface area contributed by atoms with Crippen LogP contribution in [0, 0.1) is 18.3 Å². The Kier molecular flexibility index (Phi) is 5.58. The van der Waals surface area contributed by atoms with E-state index in [2.05, 4.69) is 16.0 Å². The molecule has 0 unspecified atom stereocenters. The van der Waals surface area contributed by atoms with Gasteiger partial charge in [0.05, 0.1) is 26.8 Å². The number of fused-ring (bicyclic) bond motifs is 1. The number of nitrogens with zero attached hydrogens (tertiary/aromatic N) is 3. The fraction of sp³-hybridized carbons (Fsp3) is 0.0455. The zero-order valence-electron chi connectivity index (χ0n) is 15.1. The summed E-state index contributed by atoms with van der Waals surface area (Å²) in [5.41, 5.74) is 4.59. The smallest absolute Gasteiger partial charge is 0.137 e. The van der Waals surface area contributed by atoms with Crippen LogP contribution in [0.3, 0.4) is 0 Å². The van der Waals surface area contributed by atoms with Gasteiger partial charge in [-0.05, 0) is 43.3 Å². The molecule has 2 aromatic carbocycles. The standard InChI is InChI=1S/C22H12Cl3N3S/c1-12-2-5-19-14(6-12)7-15(21(25)27-19)8-16(10-26)22-28-20(11-29-22)13-3-4-17(23)18(24)9-13/h2-9,11H,1H3/b16-8-. The van der Waals surface area contributed by atoms with E-state index < -0.39 is 0 Å². The van der Waals surface area contributed by atoms with Crippen molar-refractivity contribution in [2.75, 3.05) is 0 Å². The van der Waals surface area contributed by atoms with Gasteiger partial charge in [-0.25, -0.2) is 9.97 Å². The van der Waals surface area contributed by atoms with Gasteiger partial charge in [0.15, 0.2) is 0 Å². The van der Waals surface area contributed by atoms with Crippen LogP contribution >= 0.6 is 46.1 Å². The van der Waals surface area contributed by atoms with Gasteiger partial charge in [-0.15, -0.1) is 11.3 Å². The summed E-state index contributed by atoms with van der Waals surface area (Å²) >= 11 is 19.8. The molecule has 7 heteroatoms. The molecule has 0 N–H and O–H groups in total. The average molecular weight is 457 g/mol. The molecule has 4 aromatic rings. The predicted octanol–water partition coefficient (Wildman–Crippen LogP) is 7.69. The minimum Gasteiger partial charge on any atom is -0.235 e. The predicted molar refractivity (Wildman–Crippen MR) is 123 cm³/mol. The minimum atomic E-state index is 0.343. The van der Waals surface area contributed by atoms with Crippen LogP contribution in [0.5, 0.6) is 0 Å². The fourth-order valence-corrected chi connectivity index (χ4v) is 4.17. The third kappa shape index (κ3) is 4.14. The molecule has 4 rings (SSSR count). The second kappa shape index (κ2) is 8.14. The van der Waals surface area contributed by atoms with Gasteiger partial charge in [-0.1, -0.05) is 52.5 Å². The van der Waals surface area contributed by atoms with E-state index in [0.717, 1.165) is 27.7 Å². The van der Waals surface area contributed by atoms with Crippen LogP contribution in [0.4, 0.5) is 0 Å². The summed E-state index contributed by atoms with van der Waals surface area (Å²) in [7, 11) is 0. The molecule has 0 radical (unpaired) electrons. The maximum atomic E-state index is 9.70. The van der Waals surface area contributed by atoms with Crippen LogP contribution in [0.1, 0.15) is 16.1 Å². The molecule has 3 nitrogen and oxygen atoms in total. The summed E-state index contributed by atoms with van der Waals surface area (Å²) in [6, 6.07) is 15.4. The molecular weight excluding hydrogens is 445 g/mol. The second-order valence-corrected chi connectivity index (χ2v) is 8.43. The molecule has 2 heterocycles. The number of aryl methyl sites for hydroxylation is 1. The Bertz CT molecular complexity index is 1320. The number of nitriles is 1. The Labute approximate surface area is 186 Å². The van der Waals surface area contributed by atoms with Crippen LogP contribution in [0.25, 0.3) is 33.8 Å². The van der Waals surface area contributed by atoms with Crippen molar-refractivity contribution in [3.05, 3.63) is 79.2 Å². The Hall–Kier alpha value is -2.42. The first-order chi connectivity index (χ1) is 13.9. The van der Waals surface area contributed by atoms with E-state index in [1.54, 1.807) is 18.2 Å². The third-order valence-corrected chi connectivity index (χ3v) is 6.24. The van der Waals surface area contributed by atoms with Crippen LogP contribution in [-0.2, 0) is 0 Å². The summed E-state index contributed by atoms with van der Waals surface area (Å²) in [6.45, 7) is 2.02. The molecule has 0 aliphatic carbocycles. The number of aromatic nitrogens is 2. The van der Waals surface area contributed by atoms with Crippen molar-refractivity contribution in [1.29, 1.82) is 5.26 Å². The van der Waals surface area contributed by atoms with E-state index in [1.807, 2.05) is 42.6 Å². The monoisotopic (exact) mass is 455 g/mol. The highest BCUT2D eigenvalue weighted by Crippen LogP contribution is 2.32. The highest BCUT2D eigenvalue weighted by Gasteiger charge is 2.12. The summed E-state index contributed by atoms with van der Waals surface area (Å²) in [6.07, 6.45) is 1.72. The van der Waals surface area contributed by atoms with Crippen molar-refractivity contribution in [3.8, 4) is 17.3 Å². The number of allylic oxidation sites excluding steroid dienone is 1. The van der Waals surface area contributed by atoms with E-state index in [0.29, 0.717) is 31.3 Å². The molecule has 0 aliphatic heterocycles. The van der Waals surface area contributed by atoms with Gasteiger partial charge in [0.2, 0.25) is 0 Å². The first-order valence-electron chi connectivity index (χ1n) is 8.54. The third-order valence-electron chi connectivity index (χ3n) is 4.32. The molecule has 0 fully saturated rings. The highest BCUT2D eigenvalue weighted by atomic mass is 35.5. The maximum absolute atomic E-state index is 9.70. The fourth-order valence-electron chi connectivity index (χ4n) is 2.87. The van der Waals surface area contributed by atoms with Gasteiger partial charge in [0, 0.05) is 21.9 Å². The van der Waals surface area contributed by atoms with E-state index in [4.69, 9.17) is 34.8 Å². The molecule has 2 aromatic heterocycles. The van der Waals surface area contributed by atoms with E-state index >= 15 is 0 Å². The van der Waals surface area contributed by atoms with E-state index in [1.165, 1.54) is 11.3 Å². The number of benzene rings is 2. The topological polar surface area (TPSA) is 49.6 Å². The van der Waals surface area contributed by atoms with Crippen molar-refractivity contribution in [2.24, 2.45) is 0 Å². The molecule has 0 saturated carbocycles. The first-order valence-corrected chi connectivity index (χ1v) is 10.6. The number of rotatable bonds is 3. The Balaban J connectivity index is 1.74. The van der Waals surface area contributed by atoms with Gasteiger partial charge < -0.3 is 0 Å². The van der Waals surface area contributed by atoms with Crippen molar-refractivity contribution < 1.29 is 0 Å². The number of pyridine rings is 1. The maximum Gasteiger partial charge on any atom is 0.137 e. The van der Waals surface area contributed by atoms with Crippen LogP contribution in [-0.4, -0.2) is 9.97 Å². The molecule has 0 atom stereocenters. The second-order valence-electron chi connectivity index (χ2n) is 6.40. The van der Waals surface area contributed by atoms with Gasteiger partial charge in [0.1, 0.15) is 16.2 Å². The number of halogens is 3. The molecule has 0 amide bonds. The lowest BCUT2D eigenvalue weighted by atomic mass is 10.1. The SMILES string of the molecule is Cc1ccc2nc(Cl)c(/C=C(/C#N)c3nc(-c4ccc(Cl)c(Cl)c4)cs3)cc2c1. The lowest BCUT2D eigenvalue weighted by Gasteiger charge is -2.04. The highest BCUT2D eigenvalue weighted by molar-refractivity contribution is 7.11. The molecule has 0 aliphatic rings. The lowest BCUT2D eigenvalue weighted by Crippen LogP contribution is -1.88. The quantitative estimate of drug-likeness (QED) is 0.234. The minimum absolute atomic E-state index is 0.343. The summed E-state index contributed by atoms with van der Waals surface area (Å²) < 4.78 is 0. The molecule has 29 heavy (non-hydrogen) atoms. The zero-order valence-corrected chi connectivity index (χ0v) is 18.2. The van der Waals surface area contributed by atoms with Gasteiger partial charge >= 0.3 is 0 Å². The summed E-state index contributed by atoms with van der Waals surface area (Å²) in [5.74, 6) is 0. The summed E-state index contributed by atoms with van der Waals surface area (Å²) in [4.78, 5) is 9.02. The van der Waals surface area contributed by atoms with Gasteiger partial charge in [0.25, 0.3) is 0 Å².